The van der Waals surface area contributed by atoms with Crippen LogP contribution < -0.4 is 16.3 Å². The van der Waals surface area contributed by atoms with Gasteiger partial charge in [-0.1, -0.05) is 19.9 Å². The van der Waals surface area contributed by atoms with Crippen LogP contribution in [0.25, 0.3) is 12.2 Å². The first-order valence-corrected chi connectivity index (χ1v) is 5.58. The molecule has 2 unspecified atom stereocenters. The highest BCUT2D eigenvalue weighted by Crippen LogP contribution is 2.41. The molecular weight excluding hydrogens is 188 g/mol. The van der Waals surface area contributed by atoms with Gasteiger partial charge in [-0.2, -0.15) is 0 Å². The highest BCUT2D eigenvalue weighted by Gasteiger charge is 2.35. The van der Waals surface area contributed by atoms with E-state index in [2.05, 4.69) is 12.2 Å². The first kappa shape index (κ1) is 10.2. The Labute approximate surface area is 88.9 Å². The molecule has 0 aromatic carbocycles. The second kappa shape index (κ2) is 3.69. The van der Waals surface area contributed by atoms with Crippen LogP contribution in [0.1, 0.15) is 25.8 Å². The molecule has 0 saturated heterocycles. The SMILES string of the molecule is CC.Cc1cc2c(oc1=O)=CC1CC1C=2. The number of fused-ring (bicyclic) bond motifs is 2. The third-order valence-corrected chi connectivity index (χ3v) is 2.83. The predicted octanol–water partition coefficient (Wildman–Crippen LogP) is 1.19. The van der Waals surface area contributed by atoms with Crippen molar-refractivity contribution in [1.82, 2.24) is 0 Å². The van der Waals surface area contributed by atoms with Gasteiger partial charge in [0.15, 0.2) is 0 Å². The molecule has 1 fully saturated rings. The molecule has 1 aromatic rings. The van der Waals surface area contributed by atoms with E-state index in [4.69, 9.17) is 4.42 Å². The van der Waals surface area contributed by atoms with Crippen molar-refractivity contribution in [3.05, 3.63) is 32.7 Å². The van der Waals surface area contributed by atoms with Gasteiger partial charge in [0.1, 0.15) is 5.42 Å². The second-order valence-corrected chi connectivity index (χ2v) is 3.93. The van der Waals surface area contributed by atoms with Crippen molar-refractivity contribution in [2.24, 2.45) is 11.8 Å². The highest BCUT2D eigenvalue weighted by molar-refractivity contribution is 5.47. The van der Waals surface area contributed by atoms with Crippen molar-refractivity contribution >= 4 is 12.2 Å². The summed E-state index contributed by atoms with van der Waals surface area (Å²) in [5.41, 5.74) is 1.26. The van der Waals surface area contributed by atoms with Crippen molar-refractivity contribution in [2.45, 2.75) is 27.2 Å². The third kappa shape index (κ3) is 1.76. The molecule has 0 spiro atoms. The Morgan fingerprint density at radius 1 is 1.27 bits per heavy atom. The summed E-state index contributed by atoms with van der Waals surface area (Å²) in [4.78, 5) is 11.2. The zero-order chi connectivity index (χ0) is 11.0. The monoisotopic (exact) mass is 204 g/mol. The van der Waals surface area contributed by atoms with Crippen LogP contribution in [0.15, 0.2) is 15.3 Å². The maximum Gasteiger partial charge on any atom is 0.339 e. The standard InChI is InChI=1S/C11H10O2.C2H6/c1-6-2-9-4-7-3-8(7)5-10(9)13-11(6)12;1-2/h2,4-5,7-8H,3H2,1H3;1-2H3. The van der Waals surface area contributed by atoms with Gasteiger partial charge in [-0.3, -0.25) is 0 Å². The molecule has 0 aliphatic heterocycles. The summed E-state index contributed by atoms with van der Waals surface area (Å²) in [6.45, 7) is 5.79. The van der Waals surface area contributed by atoms with Crippen LogP contribution in [-0.4, -0.2) is 0 Å². The Bertz CT molecular complexity index is 537. The first-order valence-electron chi connectivity index (χ1n) is 5.58. The quantitative estimate of drug-likeness (QED) is 0.635. The number of hydrogen-bond donors (Lipinski definition) is 0. The topological polar surface area (TPSA) is 30.2 Å². The summed E-state index contributed by atoms with van der Waals surface area (Å²) in [7, 11) is 0. The fourth-order valence-electron chi connectivity index (χ4n) is 1.91. The lowest BCUT2D eigenvalue weighted by Gasteiger charge is -1.97. The van der Waals surface area contributed by atoms with E-state index in [1.807, 2.05) is 19.9 Å². The zero-order valence-corrected chi connectivity index (χ0v) is 9.41. The number of hydrogen-bond acceptors (Lipinski definition) is 2. The summed E-state index contributed by atoms with van der Waals surface area (Å²) < 4.78 is 5.19. The Kier molecular flexibility index (Phi) is 2.51. The summed E-state index contributed by atoms with van der Waals surface area (Å²) in [6.07, 6.45) is 5.52. The largest absolute Gasteiger partial charge is 0.423 e. The van der Waals surface area contributed by atoms with Crippen molar-refractivity contribution < 1.29 is 4.42 Å². The summed E-state index contributed by atoms with van der Waals surface area (Å²) in [6, 6.07) is 1.92. The van der Waals surface area contributed by atoms with Gasteiger partial charge in [-0.25, -0.2) is 4.79 Å². The molecule has 0 N–H and O–H groups in total. The lowest BCUT2D eigenvalue weighted by atomic mass is 10.1. The number of aryl methyl sites for hydroxylation is 1. The van der Waals surface area contributed by atoms with Gasteiger partial charge in [0.2, 0.25) is 0 Å². The lowest BCUT2D eigenvalue weighted by Crippen LogP contribution is -2.32. The molecule has 15 heavy (non-hydrogen) atoms. The molecule has 80 valence electrons. The third-order valence-electron chi connectivity index (χ3n) is 2.83. The summed E-state index contributed by atoms with van der Waals surface area (Å²) in [5, 5.41) is 1.09. The minimum atomic E-state index is -0.206. The van der Waals surface area contributed by atoms with Crippen LogP contribution in [0, 0.1) is 18.8 Å². The molecule has 1 heterocycles. The molecule has 1 aromatic heterocycles. The van der Waals surface area contributed by atoms with Gasteiger partial charge >= 0.3 is 5.63 Å². The van der Waals surface area contributed by atoms with E-state index in [1.54, 1.807) is 6.92 Å². The molecule has 0 amide bonds. The Balaban J connectivity index is 0.000000404. The zero-order valence-electron chi connectivity index (χ0n) is 9.41. The van der Waals surface area contributed by atoms with Crippen LogP contribution in [0.5, 0.6) is 0 Å². The number of rotatable bonds is 0. The van der Waals surface area contributed by atoms with E-state index in [-0.39, 0.29) is 5.63 Å². The van der Waals surface area contributed by atoms with Crippen LogP contribution in [0.3, 0.4) is 0 Å². The van der Waals surface area contributed by atoms with E-state index < -0.39 is 0 Å². The summed E-state index contributed by atoms with van der Waals surface area (Å²) >= 11 is 0. The minimum absolute atomic E-state index is 0.206. The van der Waals surface area contributed by atoms with Gasteiger partial charge in [0, 0.05) is 10.8 Å². The van der Waals surface area contributed by atoms with Crippen molar-refractivity contribution in [3.8, 4) is 0 Å². The maximum absolute atomic E-state index is 11.2. The van der Waals surface area contributed by atoms with Crippen LogP contribution in [0.2, 0.25) is 0 Å². The van der Waals surface area contributed by atoms with Gasteiger partial charge in [-0.05, 0) is 37.3 Å². The average molecular weight is 204 g/mol. The maximum atomic E-state index is 11.2. The highest BCUT2D eigenvalue weighted by atomic mass is 16.4. The molecule has 2 aliphatic rings. The molecule has 2 heteroatoms. The van der Waals surface area contributed by atoms with Crippen molar-refractivity contribution in [3.63, 3.8) is 0 Å². The molecule has 0 radical (unpaired) electrons. The molecule has 2 nitrogen and oxygen atoms in total. The second-order valence-electron chi connectivity index (χ2n) is 3.93. The smallest absolute Gasteiger partial charge is 0.339 e. The van der Waals surface area contributed by atoms with Gasteiger partial charge in [0.25, 0.3) is 0 Å². The van der Waals surface area contributed by atoms with E-state index in [9.17, 15) is 4.79 Å². The average Bonchev–Trinajstić information content (AvgIpc) is 2.97. The first-order chi connectivity index (χ1) is 7.24. The lowest BCUT2D eigenvalue weighted by molar-refractivity contribution is 0.465. The van der Waals surface area contributed by atoms with Crippen molar-refractivity contribution in [1.29, 1.82) is 0 Å². The van der Waals surface area contributed by atoms with E-state index in [1.165, 1.54) is 6.42 Å². The summed E-state index contributed by atoms with van der Waals surface area (Å²) in [5.74, 6) is 1.35. The molecule has 2 atom stereocenters. The van der Waals surface area contributed by atoms with Gasteiger partial charge < -0.3 is 4.42 Å². The van der Waals surface area contributed by atoms with E-state index in [0.717, 1.165) is 10.6 Å². The van der Waals surface area contributed by atoms with Crippen LogP contribution in [-0.2, 0) is 0 Å². The van der Waals surface area contributed by atoms with Gasteiger partial charge in [0.05, 0.1) is 0 Å². The van der Waals surface area contributed by atoms with Crippen LogP contribution >= 0.6 is 0 Å². The normalized spacial score (nSPS) is 24.7. The Hall–Kier alpha value is -1.31. The Morgan fingerprint density at radius 3 is 2.67 bits per heavy atom. The van der Waals surface area contributed by atoms with Gasteiger partial charge in [-0.15, -0.1) is 0 Å². The molecule has 2 aliphatic carbocycles. The van der Waals surface area contributed by atoms with Crippen LogP contribution in [0.4, 0.5) is 0 Å². The van der Waals surface area contributed by atoms with Crippen molar-refractivity contribution in [2.75, 3.05) is 0 Å². The Morgan fingerprint density at radius 2 is 1.93 bits per heavy atom. The fourth-order valence-corrected chi connectivity index (χ4v) is 1.91. The van der Waals surface area contributed by atoms with E-state index >= 15 is 0 Å². The fraction of sp³-hybridized carbons (Fsp3) is 0.462. The predicted molar refractivity (Wildman–Crippen MR) is 60.8 cm³/mol. The molecule has 3 rings (SSSR count). The van der Waals surface area contributed by atoms with E-state index in [0.29, 0.717) is 17.4 Å². The molecular formula is C13H16O2. The molecule has 0 bridgehead atoms. The molecule has 1 saturated carbocycles. The minimum Gasteiger partial charge on any atom is -0.423 e.